The minimum absolute atomic E-state index is 0.100. The van der Waals surface area contributed by atoms with Crippen molar-refractivity contribution in [3.8, 4) is 17.2 Å². The highest BCUT2D eigenvalue weighted by atomic mass is 16.5. The van der Waals surface area contributed by atoms with Crippen LogP contribution in [0.2, 0.25) is 0 Å². The van der Waals surface area contributed by atoms with E-state index in [2.05, 4.69) is 0 Å². The molecule has 0 saturated heterocycles. The molecule has 2 aromatic rings. The molecule has 0 fully saturated rings. The van der Waals surface area contributed by atoms with Crippen LogP contribution in [0.15, 0.2) is 60.8 Å². The molecule has 4 nitrogen and oxygen atoms in total. The van der Waals surface area contributed by atoms with Gasteiger partial charge in [0.2, 0.25) is 0 Å². The molecule has 0 saturated carbocycles. The van der Waals surface area contributed by atoms with Crippen molar-refractivity contribution < 1.29 is 14.6 Å². The smallest absolute Gasteiger partial charge is 0.190 e. The number of ether oxygens (including phenoxy) is 1. The number of phenolic OH excluding ortho intramolecular Hbond substituents is 1. The van der Waals surface area contributed by atoms with Crippen LogP contribution in [0, 0.1) is 0 Å². The number of para-hydroxylation sites is 1. The summed E-state index contributed by atoms with van der Waals surface area (Å²) in [6.07, 6.45) is 3.04. The van der Waals surface area contributed by atoms with Crippen LogP contribution in [-0.2, 0) is 0 Å². The van der Waals surface area contributed by atoms with Gasteiger partial charge in [-0.1, -0.05) is 18.2 Å². The summed E-state index contributed by atoms with van der Waals surface area (Å²) in [5.74, 6) is 0.791. The third kappa shape index (κ3) is 4.11. The first kappa shape index (κ1) is 14.7. The Kier molecular flexibility index (Phi) is 4.61. The van der Waals surface area contributed by atoms with Crippen molar-refractivity contribution >= 4 is 5.78 Å². The fourth-order valence-corrected chi connectivity index (χ4v) is 1.71. The number of benzene rings is 2. The average Bonchev–Trinajstić information content (AvgIpc) is 2.46. The Morgan fingerprint density at radius 3 is 2.43 bits per heavy atom. The summed E-state index contributed by atoms with van der Waals surface area (Å²) in [5.41, 5.74) is 0.244. The number of ketones is 1. The Hall–Kier alpha value is -2.75. The van der Waals surface area contributed by atoms with Crippen molar-refractivity contribution in [3.63, 3.8) is 0 Å². The van der Waals surface area contributed by atoms with E-state index in [0.29, 0.717) is 11.5 Å². The van der Waals surface area contributed by atoms with Gasteiger partial charge in [0.15, 0.2) is 5.78 Å². The Balaban J connectivity index is 2.16. The molecule has 0 aromatic heterocycles. The first-order valence-corrected chi connectivity index (χ1v) is 6.51. The molecule has 0 amide bonds. The molecule has 0 unspecified atom stereocenters. The second-order valence-electron chi connectivity index (χ2n) is 4.74. The lowest BCUT2D eigenvalue weighted by atomic mass is 10.1. The van der Waals surface area contributed by atoms with Gasteiger partial charge in [-0.15, -0.1) is 0 Å². The fraction of sp³-hybridized carbons (Fsp3) is 0.118. The highest BCUT2D eigenvalue weighted by Crippen LogP contribution is 2.27. The van der Waals surface area contributed by atoms with Crippen LogP contribution in [-0.4, -0.2) is 29.9 Å². The van der Waals surface area contributed by atoms with Crippen LogP contribution in [0.1, 0.15) is 10.4 Å². The van der Waals surface area contributed by atoms with Crippen molar-refractivity contribution in [3.05, 3.63) is 66.4 Å². The molecule has 0 heterocycles. The topological polar surface area (TPSA) is 49.8 Å². The zero-order chi connectivity index (χ0) is 15.2. The lowest BCUT2D eigenvalue weighted by Crippen LogP contribution is -2.03. The number of hydrogen-bond acceptors (Lipinski definition) is 4. The Bertz CT molecular complexity index is 648. The second-order valence-corrected chi connectivity index (χ2v) is 4.74. The number of phenols is 1. The molecule has 0 aliphatic heterocycles. The summed E-state index contributed by atoms with van der Waals surface area (Å²) >= 11 is 0. The first-order chi connectivity index (χ1) is 10.1. The standard InChI is InChI=1S/C17H17NO3/c1-18(2)11-10-16(19)15-9-8-14(12-17(15)20)21-13-6-4-3-5-7-13/h3-12,20H,1-2H3. The van der Waals surface area contributed by atoms with Gasteiger partial charge < -0.3 is 14.7 Å². The average molecular weight is 283 g/mol. The third-order valence-corrected chi connectivity index (χ3v) is 2.74. The number of hydrogen-bond donors (Lipinski definition) is 1. The fourth-order valence-electron chi connectivity index (χ4n) is 1.71. The monoisotopic (exact) mass is 283 g/mol. The van der Waals surface area contributed by atoms with Gasteiger partial charge in [-0.2, -0.15) is 0 Å². The largest absolute Gasteiger partial charge is 0.507 e. The van der Waals surface area contributed by atoms with E-state index in [1.807, 2.05) is 44.4 Å². The van der Waals surface area contributed by atoms with Gasteiger partial charge in [0.25, 0.3) is 0 Å². The molecular formula is C17H17NO3. The molecule has 1 N–H and O–H groups in total. The molecule has 0 aliphatic rings. The zero-order valence-corrected chi connectivity index (χ0v) is 12.0. The first-order valence-electron chi connectivity index (χ1n) is 6.51. The number of carbonyl (C=O) groups is 1. The normalized spacial score (nSPS) is 10.6. The molecule has 2 aromatic carbocycles. The predicted octanol–water partition coefficient (Wildman–Crippen LogP) is 3.44. The van der Waals surface area contributed by atoms with E-state index in [4.69, 9.17) is 4.74 Å². The molecule has 0 atom stereocenters. The molecule has 4 heteroatoms. The molecule has 0 bridgehead atoms. The van der Waals surface area contributed by atoms with E-state index in [1.165, 1.54) is 12.1 Å². The van der Waals surface area contributed by atoms with Gasteiger partial charge in [-0.05, 0) is 24.3 Å². The highest BCUT2D eigenvalue weighted by Gasteiger charge is 2.10. The van der Waals surface area contributed by atoms with Crippen molar-refractivity contribution in [1.82, 2.24) is 4.90 Å². The van der Waals surface area contributed by atoms with Gasteiger partial charge in [0, 0.05) is 32.4 Å². The summed E-state index contributed by atoms with van der Waals surface area (Å²) in [6, 6.07) is 13.9. The molecular weight excluding hydrogens is 266 g/mol. The predicted molar refractivity (Wildman–Crippen MR) is 81.8 cm³/mol. The minimum Gasteiger partial charge on any atom is -0.507 e. The van der Waals surface area contributed by atoms with E-state index < -0.39 is 0 Å². The SMILES string of the molecule is CN(C)C=CC(=O)c1ccc(Oc2ccccc2)cc1O. The maximum absolute atomic E-state index is 11.9. The number of nitrogens with zero attached hydrogens (tertiary/aromatic N) is 1. The van der Waals surface area contributed by atoms with Crippen molar-refractivity contribution in [2.45, 2.75) is 0 Å². The van der Waals surface area contributed by atoms with E-state index in [9.17, 15) is 9.90 Å². The molecule has 0 radical (unpaired) electrons. The van der Waals surface area contributed by atoms with Crippen molar-refractivity contribution in [1.29, 1.82) is 0 Å². The lowest BCUT2D eigenvalue weighted by Gasteiger charge is -2.08. The Morgan fingerprint density at radius 2 is 1.81 bits per heavy atom. The lowest BCUT2D eigenvalue weighted by molar-refractivity contribution is 0.104. The van der Waals surface area contributed by atoms with E-state index in [0.717, 1.165) is 0 Å². The number of aromatic hydroxyl groups is 1. The van der Waals surface area contributed by atoms with Gasteiger partial charge in [-0.25, -0.2) is 0 Å². The molecule has 0 spiro atoms. The van der Waals surface area contributed by atoms with Gasteiger partial charge in [-0.3, -0.25) is 4.79 Å². The molecule has 2 rings (SSSR count). The van der Waals surface area contributed by atoms with E-state index >= 15 is 0 Å². The number of rotatable bonds is 5. The molecule has 108 valence electrons. The van der Waals surface area contributed by atoms with Crippen LogP contribution in [0.5, 0.6) is 17.2 Å². The number of allylic oxidation sites excluding steroid dienone is 1. The Labute approximate surface area is 123 Å². The maximum atomic E-state index is 11.9. The summed E-state index contributed by atoms with van der Waals surface area (Å²) in [6.45, 7) is 0. The second kappa shape index (κ2) is 6.61. The summed E-state index contributed by atoms with van der Waals surface area (Å²) in [5, 5.41) is 9.96. The summed E-state index contributed by atoms with van der Waals surface area (Å²) in [4.78, 5) is 13.7. The van der Waals surface area contributed by atoms with Crippen LogP contribution in [0.25, 0.3) is 0 Å². The van der Waals surface area contributed by atoms with Crippen molar-refractivity contribution in [2.24, 2.45) is 0 Å². The molecule has 0 aliphatic carbocycles. The van der Waals surface area contributed by atoms with Crippen LogP contribution >= 0.6 is 0 Å². The summed E-state index contributed by atoms with van der Waals surface area (Å²) < 4.78 is 5.59. The zero-order valence-electron chi connectivity index (χ0n) is 12.0. The highest BCUT2D eigenvalue weighted by molar-refractivity contribution is 6.06. The van der Waals surface area contributed by atoms with E-state index in [1.54, 1.807) is 23.2 Å². The third-order valence-electron chi connectivity index (χ3n) is 2.74. The van der Waals surface area contributed by atoms with Crippen LogP contribution in [0.3, 0.4) is 0 Å². The Morgan fingerprint density at radius 1 is 1.10 bits per heavy atom. The van der Waals surface area contributed by atoms with Gasteiger partial charge >= 0.3 is 0 Å². The minimum atomic E-state index is -0.257. The van der Waals surface area contributed by atoms with Gasteiger partial charge in [0.05, 0.1) is 5.56 Å². The number of carbonyl (C=O) groups excluding carboxylic acids is 1. The summed E-state index contributed by atoms with van der Waals surface area (Å²) in [7, 11) is 3.64. The van der Waals surface area contributed by atoms with Crippen LogP contribution in [0.4, 0.5) is 0 Å². The van der Waals surface area contributed by atoms with Crippen LogP contribution < -0.4 is 4.74 Å². The van der Waals surface area contributed by atoms with Gasteiger partial charge in [0.1, 0.15) is 17.2 Å². The maximum Gasteiger partial charge on any atom is 0.190 e. The molecule has 21 heavy (non-hydrogen) atoms. The van der Waals surface area contributed by atoms with E-state index in [-0.39, 0.29) is 17.1 Å². The quantitative estimate of drug-likeness (QED) is 0.674. The van der Waals surface area contributed by atoms with Crippen molar-refractivity contribution in [2.75, 3.05) is 14.1 Å².